The van der Waals surface area contributed by atoms with Crippen molar-refractivity contribution in [3.63, 3.8) is 0 Å². The molecule has 2 nitrogen and oxygen atoms in total. The lowest BCUT2D eigenvalue weighted by Crippen LogP contribution is -2.09. The smallest absolute Gasteiger partial charge is 0.0468 e. The summed E-state index contributed by atoms with van der Waals surface area (Å²) >= 11 is 0. The van der Waals surface area contributed by atoms with E-state index in [1.54, 1.807) is 0 Å². The Morgan fingerprint density at radius 1 is 0.250 bits per heavy atom. The monoisotopic (exact) mass is 614 g/mol. The van der Waals surface area contributed by atoms with E-state index in [2.05, 4.69) is 216 Å². The van der Waals surface area contributed by atoms with E-state index in [4.69, 9.17) is 0 Å². The van der Waals surface area contributed by atoms with E-state index >= 15 is 0 Å². The molecule has 48 heavy (non-hydrogen) atoms. The van der Waals surface area contributed by atoms with Gasteiger partial charge in [0, 0.05) is 34.1 Å². The molecular weight excluding hydrogens is 581 g/mol. The zero-order chi connectivity index (χ0) is 32.1. The third-order valence-electron chi connectivity index (χ3n) is 8.83. The molecule has 0 atom stereocenters. The van der Waals surface area contributed by atoms with Gasteiger partial charge in [-0.05, 0) is 106 Å². The Kier molecular flexibility index (Phi) is 7.96. The zero-order valence-electron chi connectivity index (χ0n) is 26.5. The summed E-state index contributed by atoms with van der Waals surface area (Å²) in [6.07, 6.45) is 0. The predicted octanol–water partition coefficient (Wildman–Crippen LogP) is 13.1. The molecule has 0 N–H and O–H groups in total. The van der Waals surface area contributed by atoms with Gasteiger partial charge in [-0.25, -0.2) is 0 Å². The first-order chi connectivity index (χ1) is 23.8. The fraction of sp³-hybridized carbons (Fsp3) is 0. The van der Waals surface area contributed by atoms with Crippen molar-refractivity contribution < 1.29 is 0 Å². The lowest BCUT2D eigenvalue weighted by molar-refractivity contribution is 1.28. The Morgan fingerprint density at radius 2 is 0.646 bits per heavy atom. The minimum atomic E-state index is 1.11. The van der Waals surface area contributed by atoms with Crippen LogP contribution in [0, 0.1) is 0 Å². The molecule has 0 bridgehead atoms. The predicted molar refractivity (Wildman–Crippen MR) is 204 cm³/mol. The van der Waals surface area contributed by atoms with E-state index in [1.807, 2.05) is 0 Å². The molecule has 0 amide bonds. The van der Waals surface area contributed by atoms with Crippen molar-refractivity contribution >= 4 is 44.9 Å². The van der Waals surface area contributed by atoms with Crippen LogP contribution in [0.1, 0.15) is 0 Å². The van der Waals surface area contributed by atoms with Crippen LogP contribution in [0.15, 0.2) is 206 Å². The van der Waals surface area contributed by atoms with Gasteiger partial charge in [0.25, 0.3) is 0 Å². The molecule has 8 rings (SSSR count). The molecule has 0 saturated carbocycles. The van der Waals surface area contributed by atoms with Gasteiger partial charge in [-0.2, -0.15) is 0 Å². The van der Waals surface area contributed by atoms with Gasteiger partial charge in [0.05, 0.1) is 0 Å². The Bertz CT molecular complexity index is 2210. The summed E-state index contributed by atoms with van der Waals surface area (Å²) in [7, 11) is 0. The second-order valence-corrected chi connectivity index (χ2v) is 11.8. The van der Waals surface area contributed by atoms with Gasteiger partial charge in [-0.15, -0.1) is 0 Å². The Hall–Kier alpha value is -6.38. The summed E-state index contributed by atoms with van der Waals surface area (Å²) in [6, 6.07) is 73.4. The Morgan fingerprint density at radius 3 is 1.17 bits per heavy atom. The molecule has 0 aliphatic rings. The number of rotatable bonds is 8. The number of nitrogens with zero attached hydrogens (tertiary/aromatic N) is 2. The molecular formula is C46H34N2. The van der Waals surface area contributed by atoms with Crippen LogP contribution in [-0.2, 0) is 0 Å². The molecule has 0 fully saturated rings. The van der Waals surface area contributed by atoms with E-state index in [9.17, 15) is 0 Å². The van der Waals surface area contributed by atoms with Crippen LogP contribution in [0.2, 0.25) is 0 Å². The molecule has 8 aromatic rings. The molecule has 0 aromatic heterocycles. The van der Waals surface area contributed by atoms with Crippen molar-refractivity contribution in [3.05, 3.63) is 206 Å². The minimum absolute atomic E-state index is 1.11. The summed E-state index contributed by atoms with van der Waals surface area (Å²) in [5.41, 5.74) is 11.6. The van der Waals surface area contributed by atoms with Crippen molar-refractivity contribution in [2.24, 2.45) is 0 Å². The van der Waals surface area contributed by atoms with Gasteiger partial charge in [0.2, 0.25) is 0 Å². The number of para-hydroxylation sites is 3. The lowest BCUT2D eigenvalue weighted by atomic mass is 9.97. The molecule has 0 aliphatic heterocycles. The quantitative estimate of drug-likeness (QED) is 0.168. The highest BCUT2D eigenvalue weighted by Gasteiger charge is 2.15. The number of benzene rings is 8. The van der Waals surface area contributed by atoms with Crippen LogP contribution in [0.4, 0.5) is 34.1 Å². The number of hydrogen-bond acceptors (Lipinski definition) is 2. The zero-order valence-corrected chi connectivity index (χ0v) is 26.5. The number of hydrogen-bond donors (Lipinski definition) is 0. The van der Waals surface area contributed by atoms with E-state index < -0.39 is 0 Å². The van der Waals surface area contributed by atoms with Crippen LogP contribution < -0.4 is 9.80 Å². The average molecular weight is 615 g/mol. The van der Waals surface area contributed by atoms with Crippen molar-refractivity contribution in [2.75, 3.05) is 9.80 Å². The molecule has 228 valence electrons. The Labute approximate surface area is 282 Å². The third-order valence-corrected chi connectivity index (χ3v) is 8.83. The first-order valence-corrected chi connectivity index (χ1v) is 16.4. The van der Waals surface area contributed by atoms with E-state index in [1.165, 1.54) is 33.0 Å². The highest BCUT2D eigenvalue weighted by molar-refractivity contribution is 5.99. The lowest BCUT2D eigenvalue weighted by Gasteiger charge is -2.26. The second-order valence-electron chi connectivity index (χ2n) is 11.8. The van der Waals surface area contributed by atoms with Crippen LogP contribution in [0.25, 0.3) is 33.0 Å². The highest BCUT2D eigenvalue weighted by Crippen LogP contribution is 2.40. The first kappa shape index (κ1) is 29.1. The topological polar surface area (TPSA) is 6.48 Å². The van der Waals surface area contributed by atoms with Crippen LogP contribution in [0.3, 0.4) is 0 Å². The van der Waals surface area contributed by atoms with Gasteiger partial charge < -0.3 is 9.80 Å². The van der Waals surface area contributed by atoms with Crippen molar-refractivity contribution in [3.8, 4) is 22.3 Å². The molecule has 0 radical (unpaired) electrons. The van der Waals surface area contributed by atoms with Crippen molar-refractivity contribution in [1.29, 1.82) is 0 Å². The van der Waals surface area contributed by atoms with E-state index in [0.717, 1.165) is 34.1 Å². The largest absolute Gasteiger partial charge is 0.311 e. The van der Waals surface area contributed by atoms with E-state index in [0.29, 0.717) is 0 Å². The molecule has 0 heterocycles. The Balaban J connectivity index is 1.14. The number of fused-ring (bicyclic) bond motifs is 1. The van der Waals surface area contributed by atoms with Gasteiger partial charge in [-0.1, -0.05) is 133 Å². The fourth-order valence-electron chi connectivity index (χ4n) is 6.51. The standard InChI is InChI=1S/C46H34N2/c1-5-14-35(15-6-1)36-24-28-42(29-25-36)47(39-17-7-2-8-18-39)43-30-26-37(27-31-43)45-23-13-16-38-34-44(32-33-46(38)45)48(40-19-9-3-10-20-40)41-21-11-4-12-22-41/h1-34H. The molecule has 0 aliphatic carbocycles. The van der Waals surface area contributed by atoms with Gasteiger partial charge >= 0.3 is 0 Å². The summed E-state index contributed by atoms with van der Waals surface area (Å²) < 4.78 is 0. The summed E-state index contributed by atoms with van der Waals surface area (Å²) in [4.78, 5) is 4.63. The molecule has 0 spiro atoms. The SMILES string of the molecule is c1ccc(-c2ccc(N(c3ccccc3)c3ccc(-c4cccc5cc(N(c6ccccc6)c6ccccc6)ccc45)cc3)cc2)cc1. The van der Waals surface area contributed by atoms with E-state index in [-0.39, 0.29) is 0 Å². The first-order valence-electron chi connectivity index (χ1n) is 16.4. The van der Waals surface area contributed by atoms with Gasteiger partial charge in [0.1, 0.15) is 0 Å². The minimum Gasteiger partial charge on any atom is -0.311 e. The maximum Gasteiger partial charge on any atom is 0.0468 e. The molecule has 0 saturated heterocycles. The molecule has 8 aromatic carbocycles. The third kappa shape index (κ3) is 5.84. The summed E-state index contributed by atoms with van der Waals surface area (Å²) in [5, 5.41) is 2.43. The maximum absolute atomic E-state index is 2.32. The second kappa shape index (κ2) is 13.2. The van der Waals surface area contributed by atoms with Crippen LogP contribution in [0.5, 0.6) is 0 Å². The maximum atomic E-state index is 2.32. The molecule has 2 heteroatoms. The summed E-state index contributed by atoms with van der Waals surface area (Å²) in [6.45, 7) is 0. The number of anilines is 6. The average Bonchev–Trinajstić information content (AvgIpc) is 3.17. The van der Waals surface area contributed by atoms with Gasteiger partial charge in [-0.3, -0.25) is 0 Å². The summed E-state index contributed by atoms with van der Waals surface area (Å²) in [5.74, 6) is 0. The van der Waals surface area contributed by atoms with Gasteiger partial charge in [0.15, 0.2) is 0 Å². The fourth-order valence-corrected chi connectivity index (χ4v) is 6.51. The highest BCUT2D eigenvalue weighted by atomic mass is 15.1. The van der Waals surface area contributed by atoms with Crippen molar-refractivity contribution in [2.45, 2.75) is 0 Å². The van der Waals surface area contributed by atoms with Crippen molar-refractivity contribution in [1.82, 2.24) is 0 Å². The normalized spacial score (nSPS) is 10.9. The van der Waals surface area contributed by atoms with Crippen LogP contribution >= 0.6 is 0 Å². The van der Waals surface area contributed by atoms with Crippen LogP contribution in [-0.4, -0.2) is 0 Å². The molecule has 0 unspecified atom stereocenters.